The van der Waals surface area contributed by atoms with Gasteiger partial charge >= 0.3 is 5.97 Å². The van der Waals surface area contributed by atoms with Crippen LogP contribution in [0, 0.1) is 0 Å². The van der Waals surface area contributed by atoms with Crippen LogP contribution in [-0.4, -0.2) is 46.6 Å². The van der Waals surface area contributed by atoms with Crippen molar-refractivity contribution in [2.45, 2.75) is 39.2 Å². The molecule has 1 atom stereocenters. The zero-order chi connectivity index (χ0) is 14.5. The molecule has 2 heterocycles. The molecular weight excluding hydrogens is 254 g/mol. The van der Waals surface area contributed by atoms with Gasteiger partial charge in [0.05, 0.1) is 5.56 Å². The summed E-state index contributed by atoms with van der Waals surface area (Å²) in [5, 5.41) is 12.6. The van der Waals surface area contributed by atoms with Crippen molar-refractivity contribution in [1.82, 2.24) is 9.88 Å². The van der Waals surface area contributed by atoms with Crippen LogP contribution in [-0.2, 0) is 6.42 Å². The minimum absolute atomic E-state index is 0.308. The zero-order valence-corrected chi connectivity index (χ0v) is 12.2. The number of carboxylic acids is 1. The van der Waals surface area contributed by atoms with Crippen LogP contribution in [0.4, 0.5) is 5.82 Å². The number of carbonyl (C=O) groups is 1. The van der Waals surface area contributed by atoms with Crippen LogP contribution in [0.5, 0.6) is 0 Å². The molecule has 0 saturated carbocycles. The highest BCUT2D eigenvalue weighted by Crippen LogP contribution is 2.17. The van der Waals surface area contributed by atoms with E-state index < -0.39 is 5.97 Å². The van der Waals surface area contributed by atoms with Crippen molar-refractivity contribution in [1.29, 1.82) is 0 Å². The Morgan fingerprint density at radius 2 is 2.30 bits per heavy atom. The van der Waals surface area contributed by atoms with Crippen LogP contribution >= 0.6 is 0 Å². The van der Waals surface area contributed by atoms with Crippen molar-refractivity contribution in [2.24, 2.45) is 0 Å². The SMILES string of the molecule is CCc1cc(C(=O)O)cc(NC2CCCN(CC)C2)n1. The molecule has 0 aromatic carbocycles. The Bertz CT molecular complexity index is 476. The molecule has 20 heavy (non-hydrogen) atoms. The van der Waals surface area contributed by atoms with Crippen LogP contribution in [0.15, 0.2) is 12.1 Å². The number of aromatic nitrogens is 1. The van der Waals surface area contributed by atoms with Gasteiger partial charge in [0, 0.05) is 18.3 Å². The smallest absolute Gasteiger partial charge is 0.335 e. The summed E-state index contributed by atoms with van der Waals surface area (Å²) in [7, 11) is 0. The van der Waals surface area contributed by atoms with Gasteiger partial charge < -0.3 is 15.3 Å². The van der Waals surface area contributed by atoms with E-state index in [0.717, 1.165) is 38.2 Å². The normalized spacial score (nSPS) is 19.8. The first-order chi connectivity index (χ1) is 9.62. The molecule has 1 aromatic rings. The van der Waals surface area contributed by atoms with Gasteiger partial charge in [-0.25, -0.2) is 9.78 Å². The lowest BCUT2D eigenvalue weighted by Crippen LogP contribution is -2.42. The van der Waals surface area contributed by atoms with E-state index in [1.54, 1.807) is 12.1 Å². The molecular formula is C15H23N3O2. The standard InChI is InChI=1S/C15H23N3O2/c1-3-12-8-11(15(19)20)9-14(16-12)17-13-6-5-7-18(4-2)10-13/h8-9,13H,3-7,10H2,1-2H3,(H,16,17)(H,19,20). The second kappa shape index (κ2) is 6.70. The maximum absolute atomic E-state index is 11.1. The summed E-state index contributed by atoms with van der Waals surface area (Å²) in [5.41, 5.74) is 1.12. The molecule has 1 aliphatic rings. The lowest BCUT2D eigenvalue weighted by molar-refractivity contribution is 0.0696. The molecule has 0 radical (unpaired) electrons. The fourth-order valence-corrected chi connectivity index (χ4v) is 2.64. The number of pyridine rings is 1. The first kappa shape index (κ1) is 14.8. The van der Waals surface area contributed by atoms with Crippen molar-refractivity contribution >= 4 is 11.8 Å². The minimum Gasteiger partial charge on any atom is -0.478 e. The highest BCUT2D eigenvalue weighted by atomic mass is 16.4. The average Bonchev–Trinajstić information content (AvgIpc) is 2.47. The molecule has 5 nitrogen and oxygen atoms in total. The second-order valence-corrected chi connectivity index (χ2v) is 5.27. The monoisotopic (exact) mass is 277 g/mol. The van der Waals surface area contributed by atoms with E-state index >= 15 is 0 Å². The Morgan fingerprint density at radius 3 is 2.95 bits per heavy atom. The van der Waals surface area contributed by atoms with Gasteiger partial charge in [-0.3, -0.25) is 0 Å². The van der Waals surface area contributed by atoms with Crippen LogP contribution < -0.4 is 5.32 Å². The summed E-state index contributed by atoms with van der Waals surface area (Å²) >= 11 is 0. The Hall–Kier alpha value is -1.62. The third kappa shape index (κ3) is 3.70. The highest BCUT2D eigenvalue weighted by molar-refractivity contribution is 5.88. The van der Waals surface area contributed by atoms with Gasteiger partial charge in [0.15, 0.2) is 0 Å². The molecule has 1 saturated heterocycles. The van der Waals surface area contributed by atoms with Crippen molar-refractivity contribution < 1.29 is 9.90 Å². The Labute approximate surface area is 120 Å². The lowest BCUT2D eigenvalue weighted by atomic mass is 10.1. The number of hydrogen-bond donors (Lipinski definition) is 2. The molecule has 2 N–H and O–H groups in total. The van der Waals surface area contributed by atoms with E-state index in [1.807, 2.05) is 6.92 Å². The van der Waals surface area contributed by atoms with Crippen LogP contribution in [0.3, 0.4) is 0 Å². The quantitative estimate of drug-likeness (QED) is 0.864. The number of piperidine rings is 1. The number of likely N-dealkylation sites (N-methyl/N-ethyl adjacent to an activating group) is 1. The molecule has 0 bridgehead atoms. The van der Waals surface area contributed by atoms with E-state index in [0.29, 0.717) is 17.4 Å². The fourth-order valence-electron chi connectivity index (χ4n) is 2.64. The Balaban J connectivity index is 2.11. The number of nitrogens with one attached hydrogen (secondary N) is 1. The van der Waals surface area contributed by atoms with Crippen molar-refractivity contribution in [3.05, 3.63) is 23.4 Å². The lowest BCUT2D eigenvalue weighted by Gasteiger charge is -2.32. The van der Waals surface area contributed by atoms with Gasteiger partial charge in [0.1, 0.15) is 5.82 Å². The first-order valence-electron chi connectivity index (χ1n) is 7.35. The number of aryl methyl sites for hydroxylation is 1. The van der Waals surface area contributed by atoms with Crippen LogP contribution in [0.2, 0.25) is 0 Å². The predicted molar refractivity (Wildman–Crippen MR) is 79.3 cm³/mol. The topological polar surface area (TPSA) is 65.5 Å². The Kier molecular flexibility index (Phi) is 4.95. The molecule has 1 aliphatic heterocycles. The van der Waals surface area contributed by atoms with Gasteiger partial charge in [0.25, 0.3) is 0 Å². The van der Waals surface area contributed by atoms with Gasteiger partial charge in [0.2, 0.25) is 0 Å². The minimum atomic E-state index is -0.899. The van der Waals surface area contributed by atoms with E-state index in [9.17, 15) is 4.79 Å². The van der Waals surface area contributed by atoms with Crippen molar-refractivity contribution in [2.75, 3.05) is 25.0 Å². The summed E-state index contributed by atoms with van der Waals surface area (Å²) in [6.07, 6.45) is 3.02. The maximum atomic E-state index is 11.1. The molecule has 2 rings (SSSR count). The third-order valence-corrected chi connectivity index (χ3v) is 3.79. The molecule has 5 heteroatoms. The summed E-state index contributed by atoms with van der Waals surface area (Å²) in [6.45, 7) is 7.35. The first-order valence-corrected chi connectivity index (χ1v) is 7.35. The fraction of sp³-hybridized carbons (Fsp3) is 0.600. The second-order valence-electron chi connectivity index (χ2n) is 5.27. The molecule has 1 fully saturated rings. The van der Waals surface area contributed by atoms with E-state index in [2.05, 4.69) is 22.1 Å². The molecule has 0 aliphatic carbocycles. The summed E-state index contributed by atoms with van der Waals surface area (Å²) in [6, 6.07) is 3.63. The molecule has 1 unspecified atom stereocenters. The van der Waals surface area contributed by atoms with Gasteiger partial charge in [-0.1, -0.05) is 13.8 Å². The summed E-state index contributed by atoms with van der Waals surface area (Å²) in [4.78, 5) is 18.0. The van der Waals surface area contributed by atoms with Gasteiger partial charge in [-0.05, 0) is 44.5 Å². The number of nitrogens with zero attached hydrogens (tertiary/aromatic N) is 2. The average molecular weight is 277 g/mol. The molecule has 110 valence electrons. The molecule has 0 amide bonds. The van der Waals surface area contributed by atoms with Crippen LogP contribution in [0.1, 0.15) is 42.7 Å². The van der Waals surface area contributed by atoms with Crippen molar-refractivity contribution in [3.8, 4) is 0 Å². The molecule has 1 aromatic heterocycles. The number of aromatic carboxylic acids is 1. The molecule has 0 spiro atoms. The third-order valence-electron chi connectivity index (χ3n) is 3.79. The summed E-state index contributed by atoms with van der Waals surface area (Å²) in [5.74, 6) is -0.214. The van der Waals surface area contributed by atoms with E-state index in [-0.39, 0.29) is 0 Å². The highest BCUT2D eigenvalue weighted by Gasteiger charge is 2.19. The van der Waals surface area contributed by atoms with Gasteiger partial charge in [-0.15, -0.1) is 0 Å². The van der Waals surface area contributed by atoms with Crippen molar-refractivity contribution in [3.63, 3.8) is 0 Å². The number of rotatable bonds is 5. The number of carboxylic acid groups (broad SMARTS) is 1. The zero-order valence-electron chi connectivity index (χ0n) is 12.2. The maximum Gasteiger partial charge on any atom is 0.335 e. The predicted octanol–water partition coefficient (Wildman–Crippen LogP) is 2.24. The van der Waals surface area contributed by atoms with E-state index in [4.69, 9.17) is 5.11 Å². The Morgan fingerprint density at radius 1 is 1.50 bits per heavy atom. The summed E-state index contributed by atoms with van der Waals surface area (Å²) < 4.78 is 0. The van der Waals surface area contributed by atoms with Crippen LogP contribution in [0.25, 0.3) is 0 Å². The number of hydrogen-bond acceptors (Lipinski definition) is 4. The van der Waals surface area contributed by atoms with Gasteiger partial charge in [-0.2, -0.15) is 0 Å². The number of anilines is 1. The number of likely N-dealkylation sites (tertiary alicyclic amines) is 1. The van der Waals surface area contributed by atoms with E-state index in [1.165, 1.54) is 6.42 Å². The largest absolute Gasteiger partial charge is 0.478 e.